The van der Waals surface area contributed by atoms with E-state index in [9.17, 15) is 9.59 Å². The molecule has 3 aromatic carbocycles. The van der Waals surface area contributed by atoms with Crippen molar-refractivity contribution >= 4 is 56.3 Å². The van der Waals surface area contributed by atoms with E-state index in [1.807, 2.05) is 36.4 Å². The van der Waals surface area contributed by atoms with Crippen LogP contribution in [0.5, 0.6) is 0 Å². The fraction of sp³-hybridized carbons (Fsp3) is 0.111. The lowest BCUT2D eigenvalue weighted by atomic mass is 9.95. The number of carbonyl (C=O) groups is 2. The molecule has 0 aromatic heterocycles. The maximum Gasteiger partial charge on any atom is 0.178 e. The van der Waals surface area contributed by atoms with Crippen molar-refractivity contribution in [2.75, 3.05) is 11.8 Å². The number of halogens is 2. The minimum atomic E-state index is -0.111. The molecule has 110 valence electrons. The molecule has 0 spiro atoms. The van der Waals surface area contributed by atoms with Crippen molar-refractivity contribution in [2.24, 2.45) is 0 Å². The van der Waals surface area contributed by atoms with Crippen LogP contribution in [0.3, 0.4) is 0 Å². The van der Waals surface area contributed by atoms with E-state index in [0.29, 0.717) is 11.1 Å². The number of carbonyl (C=O) groups excluding carboxylic acids is 2. The van der Waals surface area contributed by atoms with Crippen LogP contribution in [0.2, 0.25) is 0 Å². The van der Waals surface area contributed by atoms with E-state index < -0.39 is 0 Å². The second kappa shape index (κ2) is 6.07. The highest BCUT2D eigenvalue weighted by Gasteiger charge is 2.13. The Hall–Kier alpha value is -1.90. The molecule has 0 N–H and O–H groups in total. The first-order valence-electron chi connectivity index (χ1n) is 6.79. The fourth-order valence-electron chi connectivity index (χ4n) is 2.68. The summed E-state index contributed by atoms with van der Waals surface area (Å²) in [4.78, 5) is 24.0. The average molecular weight is 331 g/mol. The molecule has 0 unspecified atom stereocenters. The number of hydrogen-bond donors (Lipinski definition) is 0. The lowest BCUT2D eigenvalue weighted by molar-refractivity contribution is 0.101. The van der Waals surface area contributed by atoms with Crippen LogP contribution in [0, 0.1) is 0 Å². The Morgan fingerprint density at radius 2 is 1.14 bits per heavy atom. The summed E-state index contributed by atoms with van der Waals surface area (Å²) in [6.07, 6.45) is 0. The quantitative estimate of drug-likeness (QED) is 0.390. The van der Waals surface area contributed by atoms with Gasteiger partial charge in [0, 0.05) is 11.1 Å². The van der Waals surface area contributed by atoms with E-state index in [2.05, 4.69) is 0 Å². The smallest absolute Gasteiger partial charge is 0.178 e. The predicted octanol–water partition coefficient (Wildman–Crippen LogP) is 4.84. The number of fused-ring (bicyclic) bond motifs is 2. The second-order valence-electron chi connectivity index (χ2n) is 5.02. The van der Waals surface area contributed by atoms with Gasteiger partial charge >= 0.3 is 0 Å². The van der Waals surface area contributed by atoms with Crippen LogP contribution in [0.15, 0.2) is 48.5 Å². The highest BCUT2D eigenvalue weighted by Crippen LogP contribution is 2.28. The molecule has 0 amide bonds. The van der Waals surface area contributed by atoms with E-state index in [0.717, 1.165) is 21.5 Å². The van der Waals surface area contributed by atoms with Crippen LogP contribution < -0.4 is 0 Å². The zero-order valence-corrected chi connectivity index (χ0v) is 13.1. The fourth-order valence-corrected chi connectivity index (χ4v) is 2.97. The first-order valence-corrected chi connectivity index (χ1v) is 7.86. The van der Waals surface area contributed by atoms with E-state index in [1.165, 1.54) is 0 Å². The molecule has 4 heteroatoms. The van der Waals surface area contributed by atoms with Crippen LogP contribution in [0.4, 0.5) is 0 Å². The average Bonchev–Trinajstić information content (AvgIpc) is 2.57. The summed E-state index contributed by atoms with van der Waals surface area (Å²) in [5, 5.41) is 3.49. The van der Waals surface area contributed by atoms with Gasteiger partial charge in [-0.25, -0.2) is 0 Å². The van der Waals surface area contributed by atoms with Crippen molar-refractivity contribution in [1.29, 1.82) is 0 Å². The lowest BCUT2D eigenvalue weighted by Crippen LogP contribution is -2.02. The van der Waals surface area contributed by atoms with Crippen LogP contribution in [0.1, 0.15) is 20.7 Å². The molecule has 0 saturated carbocycles. The van der Waals surface area contributed by atoms with E-state index in [-0.39, 0.29) is 23.3 Å². The number of alkyl halides is 2. The molecule has 3 aromatic rings. The maximum absolute atomic E-state index is 12.0. The summed E-state index contributed by atoms with van der Waals surface area (Å²) in [5.74, 6) is -0.330. The molecular weight excluding hydrogens is 319 g/mol. The molecule has 3 rings (SSSR count). The molecule has 0 atom stereocenters. The first kappa shape index (κ1) is 15.0. The van der Waals surface area contributed by atoms with Crippen molar-refractivity contribution < 1.29 is 9.59 Å². The van der Waals surface area contributed by atoms with Gasteiger partial charge in [-0.2, -0.15) is 0 Å². The Labute approximate surface area is 137 Å². The summed E-state index contributed by atoms with van der Waals surface area (Å²) in [6.45, 7) is 0. The first-order chi connectivity index (χ1) is 10.7. The lowest BCUT2D eigenvalue weighted by Gasteiger charge is -2.09. The van der Waals surface area contributed by atoms with Gasteiger partial charge in [0.2, 0.25) is 0 Å². The summed E-state index contributed by atoms with van der Waals surface area (Å²) in [7, 11) is 0. The number of benzene rings is 3. The van der Waals surface area contributed by atoms with Crippen molar-refractivity contribution in [3.8, 4) is 0 Å². The van der Waals surface area contributed by atoms with Gasteiger partial charge in [0.1, 0.15) is 0 Å². The molecule has 0 bridgehead atoms. The minimum absolute atomic E-state index is 0.0536. The minimum Gasteiger partial charge on any atom is -0.293 e. The van der Waals surface area contributed by atoms with Gasteiger partial charge in [-0.15, -0.1) is 23.2 Å². The maximum atomic E-state index is 12.0. The van der Waals surface area contributed by atoms with E-state index >= 15 is 0 Å². The number of rotatable bonds is 4. The zero-order chi connectivity index (χ0) is 15.7. The SMILES string of the molecule is O=C(CCl)c1cccc2cc3c(C(=O)CCl)cccc3cc12. The summed E-state index contributed by atoms with van der Waals surface area (Å²) in [5.41, 5.74) is 1.20. The summed E-state index contributed by atoms with van der Waals surface area (Å²) < 4.78 is 0. The Balaban J connectivity index is 2.36. The van der Waals surface area contributed by atoms with Crippen LogP contribution in [-0.4, -0.2) is 23.3 Å². The van der Waals surface area contributed by atoms with Crippen molar-refractivity contribution in [3.63, 3.8) is 0 Å². The molecule has 0 aliphatic heterocycles. The van der Waals surface area contributed by atoms with E-state index in [4.69, 9.17) is 23.2 Å². The molecule has 0 aliphatic carbocycles. The largest absolute Gasteiger partial charge is 0.293 e. The van der Waals surface area contributed by atoms with Crippen molar-refractivity contribution in [3.05, 3.63) is 59.7 Å². The number of ketones is 2. The molecular formula is C18H12Cl2O2. The van der Waals surface area contributed by atoms with Crippen LogP contribution >= 0.6 is 23.2 Å². The van der Waals surface area contributed by atoms with E-state index in [1.54, 1.807) is 12.1 Å². The van der Waals surface area contributed by atoms with Crippen molar-refractivity contribution in [1.82, 2.24) is 0 Å². The van der Waals surface area contributed by atoms with Crippen LogP contribution in [-0.2, 0) is 0 Å². The Morgan fingerprint density at radius 1 is 0.727 bits per heavy atom. The Morgan fingerprint density at radius 3 is 1.50 bits per heavy atom. The van der Waals surface area contributed by atoms with Gasteiger partial charge in [0.15, 0.2) is 11.6 Å². The second-order valence-corrected chi connectivity index (χ2v) is 5.55. The van der Waals surface area contributed by atoms with Gasteiger partial charge in [-0.3, -0.25) is 9.59 Å². The molecule has 0 saturated heterocycles. The van der Waals surface area contributed by atoms with Gasteiger partial charge in [-0.05, 0) is 33.7 Å². The van der Waals surface area contributed by atoms with Crippen LogP contribution in [0.25, 0.3) is 21.5 Å². The number of hydrogen-bond acceptors (Lipinski definition) is 2. The third-order valence-electron chi connectivity index (χ3n) is 3.72. The standard InChI is InChI=1S/C18H12Cl2O2/c19-9-17(21)13-5-1-3-11-7-16-12(8-15(11)13)4-2-6-14(16)18(22)10-20/h1-8H,9-10H2. The third-order valence-corrected chi connectivity index (χ3v) is 4.21. The van der Waals surface area contributed by atoms with Gasteiger partial charge in [-0.1, -0.05) is 36.4 Å². The Bertz CT molecular complexity index is 825. The topological polar surface area (TPSA) is 34.1 Å². The van der Waals surface area contributed by atoms with Gasteiger partial charge in [0.05, 0.1) is 11.8 Å². The molecule has 0 radical (unpaired) electrons. The van der Waals surface area contributed by atoms with Gasteiger partial charge < -0.3 is 0 Å². The molecule has 0 heterocycles. The number of Topliss-reactive ketones (excluding diaryl/α,β-unsaturated/α-hetero) is 2. The molecule has 0 aliphatic rings. The summed E-state index contributed by atoms with van der Waals surface area (Å²) in [6, 6.07) is 14.9. The predicted molar refractivity (Wildman–Crippen MR) is 91.6 cm³/mol. The highest BCUT2D eigenvalue weighted by atomic mass is 35.5. The van der Waals surface area contributed by atoms with Gasteiger partial charge in [0.25, 0.3) is 0 Å². The molecule has 0 fully saturated rings. The monoisotopic (exact) mass is 330 g/mol. The molecule has 22 heavy (non-hydrogen) atoms. The third kappa shape index (κ3) is 2.49. The Kier molecular flexibility index (Phi) is 4.14. The molecule has 2 nitrogen and oxygen atoms in total. The summed E-state index contributed by atoms with van der Waals surface area (Å²) >= 11 is 11.4. The normalized spacial score (nSPS) is 11.0. The zero-order valence-electron chi connectivity index (χ0n) is 11.6. The highest BCUT2D eigenvalue weighted by molar-refractivity contribution is 6.33. The van der Waals surface area contributed by atoms with Crippen molar-refractivity contribution in [2.45, 2.75) is 0 Å².